The summed E-state index contributed by atoms with van der Waals surface area (Å²) < 4.78 is 0. The third-order valence-corrected chi connectivity index (χ3v) is 3.05. The zero-order chi connectivity index (χ0) is 12.3. The zero-order valence-corrected chi connectivity index (χ0v) is 10.1. The van der Waals surface area contributed by atoms with Crippen molar-refractivity contribution in [3.63, 3.8) is 0 Å². The Morgan fingerprint density at radius 3 is 3.00 bits per heavy atom. The zero-order valence-electron chi connectivity index (χ0n) is 10.1. The van der Waals surface area contributed by atoms with E-state index in [0.717, 1.165) is 36.3 Å². The molecule has 0 bridgehead atoms. The van der Waals surface area contributed by atoms with Crippen LogP contribution in [-0.4, -0.2) is 30.6 Å². The van der Waals surface area contributed by atoms with E-state index in [1.807, 2.05) is 25.1 Å². The van der Waals surface area contributed by atoms with E-state index >= 15 is 0 Å². The molecule has 1 heterocycles. The molecule has 0 unspecified atom stereocenters. The second-order valence-corrected chi connectivity index (χ2v) is 4.40. The van der Waals surface area contributed by atoms with E-state index in [2.05, 4.69) is 10.2 Å². The maximum Gasteiger partial charge on any atom is 0.239 e. The van der Waals surface area contributed by atoms with E-state index in [1.165, 1.54) is 0 Å². The fourth-order valence-corrected chi connectivity index (χ4v) is 2.18. The van der Waals surface area contributed by atoms with Crippen LogP contribution in [0.1, 0.15) is 17.5 Å². The molecule has 0 radical (unpaired) electrons. The molecule has 1 amide bonds. The van der Waals surface area contributed by atoms with Gasteiger partial charge in [-0.25, -0.2) is 0 Å². The Labute approximate surface area is 101 Å². The monoisotopic (exact) mass is 234 g/mol. The van der Waals surface area contributed by atoms with Gasteiger partial charge in [0.1, 0.15) is 0 Å². The number of anilines is 1. The van der Waals surface area contributed by atoms with Crippen molar-refractivity contribution in [1.82, 2.24) is 5.32 Å². The van der Waals surface area contributed by atoms with E-state index in [0.29, 0.717) is 6.54 Å². The molecule has 1 aromatic rings. The molecule has 0 aromatic heterocycles. The number of carbonyl (C=O) groups is 1. The Hall–Kier alpha value is -1.55. The van der Waals surface area contributed by atoms with Gasteiger partial charge in [-0.15, -0.1) is 0 Å². The molecule has 17 heavy (non-hydrogen) atoms. The first-order valence-corrected chi connectivity index (χ1v) is 5.93. The van der Waals surface area contributed by atoms with E-state index < -0.39 is 0 Å². The van der Waals surface area contributed by atoms with Gasteiger partial charge >= 0.3 is 0 Å². The summed E-state index contributed by atoms with van der Waals surface area (Å²) in [6.45, 7) is 4.12. The largest absolute Gasteiger partial charge is 0.392 e. The van der Waals surface area contributed by atoms with Crippen LogP contribution < -0.4 is 10.2 Å². The van der Waals surface area contributed by atoms with Gasteiger partial charge < -0.3 is 15.3 Å². The van der Waals surface area contributed by atoms with Gasteiger partial charge in [-0.1, -0.05) is 12.1 Å². The average molecular weight is 234 g/mol. The quantitative estimate of drug-likeness (QED) is 0.796. The summed E-state index contributed by atoms with van der Waals surface area (Å²) in [6.07, 6.45) is 0.965. The lowest BCUT2D eigenvalue weighted by Crippen LogP contribution is -2.33. The van der Waals surface area contributed by atoms with Crippen LogP contribution in [0.3, 0.4) is 0 Å². The molecular formula is C13H18N2O2. The van der Waals surface area contributed by atoms with Crippen LogP contribution in [0.25, 0.3) is 0 Å². The van der Waals surface area contributed by atoms with Crippen molar-refractivity contribution in [3.05, 3.63) is 29.3 Å². The molecule has 4 heteroatoms. The number of aliphatic hydroxyl groups is 1. The van der Waals surface area contributed by atoms with Gasteiger partial charge in [-0.2, -0.15) is 0 Å². The summed E-state index contributed by atoms with van der Waals surface area (Å²) in [5.41, 5.74) is 3.09. The minimum atomic E-state index is 0.0571. The number of benzene rings is 1. The molecule has 0 spiro atoms. The SMILES string of the molecule is Cc1cc(CO)ccc1N1CCCNC(=O)C1. The predicted molar refractivity (Wildman–Crippen MR) is 66.9 cm³/mol. The van der Waals surface area contributed by atoms with Crippen LogP contribution in [-0.2, 0) is 11.4 Å². The van der Waals surface area contributed by atoms with Crippen LogP contribution in [0.5, 0.6) is 0 Å². The van der Waals surface area contributed by atoms with Crippen molar-refractivity contribution < 1.29 is 9.90 Å². The van der Waals surface area contributed by atoms with Crippen molar-refractivity contribution >= 4 is 11.6 Å². The molecule has 1 saturated heterocycles. The van der Waals surface area contributed by atoms with Crippen LogP contribution >= 0.6 is 0 Å². The molecule has 1 aromatic carbocycles. The number of carbonyl (C=O) groups excluding carboxylic acids is 1. The first kappa shape index (κ1) is 11.9. The summed E-state index contributed by atoms with van der Waals surface area (Å²) in [5.74, 6) is 0.0770. The van der Waals surface area contributed by atoms with Gasteiger partial charge in [-0.3, -0.25) is 4.79 Å². The number of aryl methyl sites for hydroxylation is 1. The highest BCUT2D eigenvalue weighted by Crippen LogP contribution is 2.22. The third-order valence-electron chi connectivity index (χ3n) is 3.05. The molecule has 92 valence electrons. The molecule has 0 atom stereocenters. The summed E-state index contributed by atoms with van der Waals surface area (Å²) in [6, 6.07) is 5.86. The van der Waals surface area contributed by atoms with E-state index in [4.69, 9.17) is 5.11 Å². The van der Waals surface area contributed by atoms with E-state index in [-0.39, 0.29) is 12.5 Å². The lowest BCUT2D eigenvalue weighted by atomic mass is 10.1. The van der Waals surface area contributed by atoms with Gasteiger partial charge in [0.15, 0.2) is 0 Å². The minimum absolute atomic E-state index is 0.0571. The Morgan fingerprint density at radius 2 is 2.29 bits per heavy atom. The predicted octanol–water partition coefficient (Wildman–Crippen LogP) is 0.814. The molecule has 2 N–H and O–H groups in total. The number of nitrogens with one attached hydrogen (secondary N) is 1. The lowest BCUT2D eigenvalue weighted by Gasteiger charge is -2.23. The second kappa shape index (κ2) is 5.19. The molecule has 1 aliphatic rings. The third kappa shape index (κ3) is 2.77. The maximum absolute atomic E-state index is 11.5. The number of nitrogens with zero attached hydrogens (tertiary/aromatic N) is 1. The standard InChI is InChI=1S/C13H18N2O2/c1-10-7-11(9-16)3-4-12(10)15-6-2-5-14-13(17)8-15/h3-4,7,16H,2,5-6,8-9H2,1H3,(H,14,17). The molecule has 2 rings (SSSR count). The smallest absolute Gasteiger partial charge is 0.239 e. The summed E-state index contributed by atoms with van der Waals surface area (Å²) in [4.78, 5) is 13.6. The van der Waals surface area contributed by atoms with Gasteiger partial charge in [0.05, 0.1) is 13.2 Å². The van der Waals surface area contributed by atoms with Gasteiger partial charge in [0.25, 0.3) is 0 Å². The molecular weight excluding hydrogens is 216 g/mol. The number of amides is 1. The summed E-state index contributed by atoms with van der Waals surface area (Å²) in [5, 5.41) is 11.9. The molecule has 0 aliphatic carbocycles. The van der Waals surface area contributed by atoms with Crippen molar-refractivity contribution in [1.29, 1.82) is 0 Å². The van der Waals surface area contributed by atoms with Gasteiger partial charge in [-0.05, 0) is 30.5 Å². The van der Waals surface area contributed by atoms with Crippen molar-refractivity contribution in [2.45, 2.75) is 20.0 Å². The summed E-state index contributed by atoms with van der Waals surface area (Å²) in [7, 11) is 0. The fourth-order valence-electron chi connectivity index (χ4n) is 2.18. The van der Waals surface area contributed by atoms with E-state index in [9.17, 15) is 4.79 Å². The summed E-state index contributed by atoms with van der Waals surface area (Å²) >= 11 is 0. The van der Waals surface area contributed by atoms with Crippen molar-refractivity contribution in [2.75, 3.05) is 24.5 Å². The first-order chi connectivity index (χ1) is 8.20. The van der Waals surface area contributed by atoms with E-state index in [1.54, 1.807) is 0 Å². The Morgan fingerprint density at radius 1 is 1.47 bits per heavy atom. The molecule has 0 saturated carbocycles. The topological polar surface area (TPSA) is 52.6 Å². The maximum atomic E-state index is 11.5. The lowest BCUT2D eigenvalue weighted by molar-refractivity contribution is -0.119. The highest BCUT2D eigenvalue weighted by molar-refractivity contribution is 5.82. The van der Waals surface area contributed by atoms with Crippen LogP contribution in [0.15, 0.2) is 18.2 Å². The van der Waals surface area contributed by atoms with Crippen molar-refractivity contribution in [2.24, 2.45) is 0 Å². The highest BCUT2D eigenvalue weighted by atomic mass is 16.3. The molecule has 1 aliphatic heterocycles. The number of hydrogen-bond acceptors (Lipinski definition) is 3. The Balaban J connectivity index is 2.23. The van der Waals surface area contributed by atoms with Crippen LogP contribution in [0, 0.1) is 6.92 Å². The highest BCUT2D eigenvalue weighted by Gasteiger charge is 2.16. The minimum Gasteiger partial charge on any atom is -0.392 e. The fraction of sp³-hybridized carbons (Fsp3) is 0.462. The average Bonchev–Trinajstić information content (AvgIpc) is 2.53. The Bertz CT molecular complexity index is 418. The number of aliphatic hydroxyl groups excluding tert-OH is 1. The van der Waals surface area contributed by atoms with Crippen molar-refractivity contribution in [3.8, 4) is 0 Å². The number of rotatable bonds is 2. The van der Waals surface area contributed by atoms with Gasteiger partial charge in [0, 0.05) is 18.8 Å². The first-order valence-electron chi connectivity index (χ1n) is 5.93. The normalized spacial score (nSPS) is 16.6. The number of hydrogen-bond donors (Lipinski definition) is 2. The second-order valence-electron chi connectivity index (χ2n) is 4.40. The molecule has 1 fully saturated rings. The van der Waals surface area contributed by atoms with Crippen LogP contribution in [0.4, 0.5) is 5.69 Å². The van der Waals surface area contributed by atoms with Gasteiger partial charge in [0.2, 0.25) is 5.91 Å². The Kier molecular flexibility index (Phi) is 3.64. The van der Waals surface area contributed by atoms with Crippen LogP contribution in [0.2, 0.25) is 0 Å². The molecule has 4 nitrogen and oxygen atoms in total.